The lowest BCUT2D eigenvalue weighted by atomic mass is 10.0. The summed E-state index contributed by atoms with van der Waals surface area (Å²) < 4.78 is 18.2. The highest BCUT2D eigenvalue weighted by atomic mass is 35.5. The van der Waals surface area contributed by atoms with Gasteiger partial charge in [0.2, 0.25) is 0 Å². The van der Waals surface area contributed by atoms with Crippen LogP contribution in [-0.2, 0) is 6.42 Å². The minimum Gasteiger partial charge on any atom is -0.477 e. The normalized spacial score (nSPS) is 11.1. The van der Waals surface area contributed by atoms with Crippen LogP contribution in [0.1, 0.15) is 30.0 Å². The van der Waals surface area contributed by atoms with Gasteiger partial charge < -0.3 is 9.63 Å². The third kappa shape index (κ3) is 2.82. The summed E-state index contributed by atoms with van der Waals surface area (Å²) in [5.74, 6) is -1.13. The van der Waals surface area contributed by atoms with Crippen molar-refractivity contribution >= 4 is 17.6 Å². The topological polar surface area (TPSA) is 63.3 Å². The van der Waals surface area contributed by atoms with Crippen LogP contribution in [0.2, 0.25) is 5.02 Å². The summed E-state index contributed by atoms with van der Waals surface area (Å²) in [5.41, 5.74) is 0.439. The van der Waals surface area contributed by atoms with Gasteiger partial charge in [-0.2, -0.15) is 0 Å². The third-order valence-electron chi connectivity index (χ3n) is 2.76. The van der Waals surface area contributed by atoms with E-state index in [9.17, 15) is 14.3 Å². The zero-order valence-corrected chi connectivity index (χ0v) is 11.7. The molecule has 0 radical (unpaired) electrons. The number of halogens is 2. The van der Waals surface area contributed by atoms with E-state index in [0.29, 0.717) is 17.7 Å². The standard InChI is InChI=1S/C14H13ClFNO3/c1-7(2)5-11-12(14(18)19)13(17-20-11)9-4-3-8(16)6-10(9)15/h3-4,6-7H,5H2,1-2H3,(H,18,19). The molecule has 1 aromatic heterocycles. The van der Waals surface area contributed by atoms with E-state index in [1.165, 1.54) is 12.1 Å². The smallest absolute Gasteiger partial charge is 0.341 e. The van der Waals surface area contributed by atoms with Gasteiger partial charge in [-0.15, -0.1) is 0 Å². The minimum absolute atomic E-state index is 0.0211. The van der Waals surface area contributed by atoms with Crippen LogP contribution in [0.5, 0.6) is 0 Å². The number of aromatic carboxylic acids is 1. The van der Waals surface area contributed by atoms with E-state index < -0.39 is 11.8 Å². The molecule has 0 atom stereocenters. The van der Waals surface area contributed by atoms with E-state index in [0.717, 1.165) is 6.07 Å². The molecule has 2 rings (SSSR count). The number of carbonyl (C=O) groups is 1. The number of carboxylic acid groups (broad SMARTS) is 1. The Labute approximate surface area is 120 Å². The molecule has 106 valence electrons. The molecule has 1 aromatic carbocycles. The second-order valence-electron chi connectivity index (χ2n) is 4.86. The molecule has 1 N–H and O–H groups in total. The zero-order valence-electron chi connectivity index (χ0n) is 11.0. The van der Waals surface area contributed by atoms with Gasteiger partial charge in [-0.1, -0.05) is 30.6 Å². The molecular formula is C14H13ClFNO3. The number of benzene rings is 1. The molecule has 20 heavy (non-hydrogen) atoms. The van der Waals surface area contributed by atoms with Crippen molar-refractivity contribution in [2.45, 2.75) is 20.3 Å². The molecule has 4 nitrogen and oxygen atoms in total. The average molecular weight is 298 g/mol. The molecule has 1 heterocycles. The van der Waals surface area contributed by atoms with Gasteiger partial charge in [0.15, 0.2) is 5.76 Å². The Bertz CT molecular complexity index is 652. The van der Waals surface area contributed by atoms with Crippen LogP contribution in [-0.4, -0.2) is 16.2 Å². The summed E-state index contributed by atoms with van der Waals surface area (Å²) in [6.45, 7) is 3.89. The second-order valence-corrected chi connectivity index (χ2v) is 5.26. The van der Waals surface area contributed by atoms with Crippen LogP contribution >= 0.6 is 11.6 Å². The van der Waals surface area contributed by atoms with Crippen molar-refractivity contribution < 1.29 is 18.8 Å². The molecular weight excluding hydrogens is 285 g/mol. The Kier molecular flexibility index (Phi) is 4.09. The maximum Gasteiger partial charge on any atom is 0.341 e. The molecule has 2 aromatic rings. The quantitative estimate of drug-likeness (QED) is 0.925. The molecule has 0 amide bonds. The fourth-order valence-electron chi connectivity index (χ4n) is 1.92. The highest BCUT2D eigenvalue weighted by molar-refractivity contribution is 6.33. The van der Waals surface area contributed by atoms with Crippen molar-refractivity contribution in [2.75, 3.05) is 0 Å². The van der Waals surface area contributed by atoms with Crippen LogP contribution < -0.4 is 0 Å². The van der Waals surface area contributed by atoms with Crippen molar-refractivity contribution in [1.82, 2.24) is 5.16 Å². The first-order valence-electron chi connectivity index (χ1n) is 6.07. The van der Waals surface area contributed by atoms with Gasteiger partial charge in [0.05, 0.1) is 5.02 Å². The molecule has 0 aliphatic heterocycles. The predicted molar refractivity (Wildman–Crippen MR) is 72.4 cm³/mol. The van der Waals surface area contributed by atoms with Gasteiger partial charge in [0.25, 0.3) is 0 Å². The molecule has 6 heteroatoms. The summed E-state index contributed by atoms with van der Waals surface area (Å²) in [4.78, 5) is 11.4. The lowest BCUT2D eigenvalue weighted by molar-refractivity contribution is 0.0695. The summed E-state index contributed by atoms with van der Waals surface area (Å²) in [7, 11) is 0. The van der Waals surface area contributed by atoms with Crippen molar-refractivity contribution in [3.05, 3.63) is 40.4 Å². The van der Waals surface area contributed by atoms with E-state index in [2.05, 4.69) is 5.16 Å². The lowest BCUT2D eigenvalue weighted by Gasteiger charge is -2.03. The maximum absolute atomic E-state index is 13.1. The number of nitrogens with zero attached hydrogens (tertiary/aromatic N) is 1. The lowest BCUT2D eigenvalue weighted by Crippen LogP contribution is -2.04. The van der Waals surface area contributed by atoms with Crippen LogP contribution in [0.3, 0.4) is 0 Å². The molecule has 0 saturated carbocycles. The maximum atomic E-state index is 13.1. The molecule has 0 aliphatic carbocycles. The van der Waals surface area contributed by atoms with Gasteiger partial charge >= 0.3 is 5.97 Å². The fourth-order valence-corrected chi connectivity index (χ4v) is 2.18. The van der Waals surface area contributed by atoms with E-state index in [1.807, 2.05) is 13.8 Å². The SMILES string of the molecule is CC(C)Cc1onc(-c2ccc(F)cc2Cl)c1C(=O)O. The van der Waals surface area contributed by atoms with Crippen molar-refractivity contribution in [3.63, 3.8) is 0 Å². The largest absolute Gasteiger partial charge is 0.477 e. The summed E-state index contributed by atoms with van der Waals surface area (Å²) in [6, 6.07) is 3.70. The van der Waals surface area contributed by atoms with Crippen molar-refractivity contribution in [2.24, 2.45) is 5.92 Å². The highest BCUT2D eigenvalue weighted by Gasteiger charge is 2.25. The number of carboxylic acids is 1. The zero-order chi connectivity index (χ0) is 14.9. The Hall–Kier alpha value is -1.88. The van der Waals surface area contributed by atoms with Crippen LogP contribution in [0.25, 0.3) is 11.3 Å². The first kappa shape index (κ1) is 14.5. The van der Waals surface area contributed by atoms with E-state index >= 15 is 0 Å². The van der Waals surface area contributed by atoms with Crippen LogP contribution in [0.4, 0.5) is 4.39 Å². The molecule has 0 bridgehead atoms. The molecule has 0 aliphatic rings. The van der Waals surface area contributed by atoms with Gasteiger partial charge in [0, 0.05) is 12.0 Å². The monoisotopic (exact) mass is 297 g/mol. The number of rotatable bonds is 4. The number of hydrogen-bond acceptors (Lipinski definition) is 3. The predicted octanol–water partition coefficient (Wildman–Crippen LogP) is 4.03. The second kappa shape index (κ2) is 5.63. The third-order valence-corrected chi connectivity index (χ3v) is 3.07. The first-order chi connectivity index (χ1) is 9.40. The Morgan fingerprint density at radius 2 is 2.20 bits per heavy atom. The van der Waals surface area contributed by atoms with Crippen molar-refractivity contribution in [3.8, 4) is 11.3 Å². The fraction of sp³-hybridized carbons (Fsp3) is 0.286. The first-order valence-corrected chi connectivity index (χ1v) is 6.45. The molecule has 0 fully saturated rings. The Morgan fingerprint density at radius 1 is 1.50 bits per heavy atom. The molecule has 0 spiro atoms. The van der Waals surface area contributed by atoms with E-state index in [4.69, 9.17) is 16.1 Å². The molecule has 0 saturated heterocycles. The van der Waals surface area contributed by atoms with Crippen LogP contribution in [0, 0.1) is 11.7 Å². The summed E-state index contributed by atoms with van der Waals surface area (Å²) in [5, 5.41) is 13.2. The Morgan fingerprint density at radius 3 is 2.75 bits per heavy atom. The van der Waals surface area contributed by atoms with Gasteiger partial charge in [-0.05, 0) is 24.1 Å². The van der Waals surface area contributed by atoms with E-state index in [1.54, 1.807) is 0 Å². The van der Waals surface area contributed by atoms with Gasteiger partial charge in [0.1, 0.15) is 17.1 Å². The van der Waals surface area contributed by atoms with Crippen LogP contribution in [0.15, 0.2) is 22.7 Å². The van der Waals surface area contributed by atoms with Gasteiger partial charge in [-0.25, -0.2) is 9.18 Å². The number of hydrogen-bond donors (Lipinski definition) is 1. The minimum atomic E-state index is -1.14. The summed E-state index contributed by atoms with van der Waals surface area (Å²) in [6.07, 6.45) is 0.452. The van der Waals surface area contributed by atoms with Gasteiger partial charge in [-0.3, -0.25) is 0 Å². The number of aromatic nitrogens is 1. The highest BCUT2D eigenvalue weighted by Crippen LogP contribution is 2.32. The molecule has 0 unspecified atom stereocenters. The average Bonchev–Trinajstić information content (AvgIpc) is 2.71. The summed E-state index contributed by atoms with van der Waals surface area (Å²) >= 11 is 5.94. The Balaban J connectivity index is 2.56. The van der Waals surface area contributed by atoms with E-state index in [-0.39, 0.29) is 22.2 Å². The van der Waals surface area contributed by atoms with Crippen molar-refractivity contribution in [1.29, 1.82) is 0 Å².